The van der Waals surface area contributed by atoms with Crippen LogP contribution in [0.3, 0.4) is 0 Å². The van der Waals surface area contributed by atoms with Crippen LogP contribution in [0.4, 0.5) is 4.39 Å². The van der Waals surface area contributed by atoms with Gasteiger partial charge in [-0.2, -0.15) is 5.10 Å². The predicted octanol–water partition coefficient (Wildman–Crippen LogP) is 5.17. The Morgan fingerprint density at radius 3 is 2.61 bits per heavy atom. The van der Waals surface area contributed by atoms with Crippen LogP contribution in [0, 0.1) is 5.82 Å². The molecule has 1 aliphatic rings. The van der Waals surface area contributed by atoms with Gasteiger partial charge in [0, 0.05) is 22.6 Å². The standard InChI is InChI=1S/C20H15FN2/c21-16-9-8-15-10-19(14-6-7-14)23-20(17(15)11-16)18(12-22-23)13-4-2-1-3-5-13/h1-5,8-12,14H,6-7H2. The minimum Gasteiger partial charge on any atom is -0.236 e. The Hall–Kier alpha value is -2.68. The van der Waals surface area contributed by atoms with Crippen LogP contribution in [0.2, 0.25) is 0 Å². The van der Waals surface area contributed by atoms with E-state index in [1.54, 1.807) is 6.07 Å². The molecule has 1 fully saturated rings. The molecule has 0 atom stereocenters. The summed E-state index contributed by atoms with van der Waals surface area (Å²) in [4.78, 5) is 0. The van der Waals surface area contributed by atoms with Gasteiger partial charge in [-0.05, 0) is 42.0 Å². The van der Waals surface area contributed by atoms with E-state index in [-0.39, 0.29) is 5.82 Å². The second-order valence-electron chi connectivity index (χ2n) is 6.26. The summed E-state index contributed by atoms with van der Waals surface area (Å²) in [6, 6.07) is 17.4. The molecular formula is C20H15FN2. The Morgan fingerprint density at radius 1 is 1.00 bits per heavy atom. The average Bonchev–Trinajstić information content (AvgIpc) is 3.33. The van der Waals surface area contributed by atoms with Crippen molar-refractivity contribution in [2.75, 3.05) is 0 Å². The van der Waals surface area contributed by atoms with E-state index >= 15 is 0 Å². The van der Waals surface area contributed by atoms with Crippen LogP contribution >= 0.6 is 0 Å². The number of pyridine rings is 1. The van der Waals surface area contributed by atoms with Crippen molar-refractivity contribution in [3.63, 3.8) is 0 Å². The summed E-state index contributed by atoms with van der Waals surface area (Å²) >= 11 is 0. The monoisotopic (exact) mass is 302 g/mol. The predicted molar refractivity (Wildman–Crippen MR) is 90.1 cm³/mol. The SMILES string of the molecule is Fc1ccc2cc(C3CC3)n3ncc(-c4ccccc4)c3c2c1. The molecule has 0 aliphatic heterocycles. The van der Waals surface area contributed by atoms with Crippen molar-refractivity contribution in [2.45, 2.75) is 18.8 Å². The molecule has 0 amide bonds. The first-order chi connectivity index (χ1) is 11.3. The third-order valence-electron chi connectivity index (χ3n) is 4.67. The van der Waals surface area contributed by atoms with E-state index in [0.29, 0.717) is 5.92 Å². The molecule has 0 unspecified atom stereocenters. The minimum atomic E-state index is -0.209. The van der Waals surface area contributed by atoms with Gasteiger partial charge in [0.1, 0.15) is 5.82 Å². The zero-order valence-electron chi connectivity index (χ0n) is 12.5. The largest absolute Gasteiger partial charge is 0.236 e. The van der Waals surface area contributed by atoms with Gasteiger partial charge in [-0.3, -0.25) is 0 Å². The summed E-state index contributed by atoms with van der Waals surface area (Å²) in [7, 11) is 0. The molecule has 4 aromatic rings. The molecule has 0 N–H and O–H groups in total. The van der Waals surface area contributed by atoms with Gasteiger partial charge in [0.15, 0.2) is 0 Å². The molecule has 1 saturated carbocycles. The average molecular weight is 302 g/mol. The van der Waals surface area contributed by atoms with Crippen molar-refractivity contribution in [2.24, 2.45) is 0 Å². The first-order valence-corrected chi connectivity index (χ1v) is 7.96. The quantitative estimate of drug-likeness (QED) is 0.499. The van der Waals surface area contributed by atoms with E-state index in [1.807, 2.05) is 35.0 Å². The molecular weight excluding hydrogens is 287 g/mol. The highest BCUT2D eigenvalue weighted by Gasteiger charge is 2.28. The Morgan fingerprint density at radius 2 is 1.83 bits per heavy atom. The maximum Gasteiger partial charge on any atom is 0.123 e. The van der Waals surface area contributed by atoms with E-state index in [1.165, 1.54) is 24.6 Å². The molecule has 112 valence electrons. The van der Waals surface area contributed by atoms with Crippen LogP contribution in [0.15, 0.2) is 60.8 Å². The molecule has 0 bridgehead atoms. The summed E-state index contributed by atoms with van der Waals surface area (Å²) in [6.07, 6.45) is 4.32. The van der Waals surface area contributed by atoms with E-state index in [4.69, 9.17) is 0 Å². The first-order valence-electron chi connectivity index (χ1n) is 7.96. The lowest BCUT2D eigenvalue weighted by molar-refractivity contribution is 0.629. The molecule has 2 nitrogen and oxygen atoms in total. The molecule has 0 spiro atoms. The van der Waals surface area contributed by atoms with Crippen molar-refractivity contribution in [3.05, 3.63) is 72.3 Å². The molecule has 5 rings (SSSR count). The highest BCUT2D eigenvalue weighted by atomic mass is 19.1. The number of hydrogen-bond acceptors (Lipinski definition) is 1. The molecule has 1 aliphatic carbocycles. The van der Waals surface area contributed by atoms with Crippen LogP contribution in [-0.4, -0.2) is 9.61 Å². The van der Waals surface area contributed by atoms with Crippen LogP contribution in [-0.2, 0) is 0 Å². The van der Waals surface area contributed by atoms with Crippen LogP contribution in [0.5, 0.6) is 0 Å². The fourth-order valence-corrected chi connectivity index (χ4v) is 3.38. The van der Waals surface area contributed by atoms with Crippen LogP contribution < -0.4 is 0 Å². The van der Waals surface area contributed by atoms with Crippen molar-refractivity contribution < 1.29 is 4.39 Å². The third-order valence-corrected chi connectivity index (χ3v) is 4.67. The summed E-state index contributed by atoms with van der Waals surface area (Å²) in [5.74, 6) is 0.370. The van der Waals surface area contributed by atoms with Gasteiger partial charge in [0.05, 0.1) is 11.7 Å². The molecule has 0 saturated heterocycles. The number of hydrogen-bond donors (Lipinski definition) is 0. The van der Waals surface area contributed by atoms with Crippen molar-refractivity contribution in [3.8, 4) is 11.1 Å². The lowest BCUT2D eigenvalue weighted by Gasteiger charge is -2.09. The fraction of sp³-hybridized carbons (Fsp3) is 0.150. The minimum absolute atomic E-state index is 0.209. The number of rotatable bonds is 2. The van der Waals surface area contributed by atoms with Gasteiger partial charge in [-0.1, -0.05) is 36.4 Å². The molecule has 2 aromatic carbocycles. The lowest BCUT2D eigenvalue weighted by atomic mass is 10.0. The van der Waals surface area contributed by atoms with Gasteiger partial charge in [0.2, 0.25) is 0 Å². The number of benzene rings is 2. The topological polar surface area (TPSA) is 17.3 Å². The second-order valence-corrected chi connectivity index (χ2v) is 6.26. The van der Waals surface area contributed by atoms with Gasteiger partial charge in [-0.25, -0.2) is 8.91 Å². The molecule has 2 heterocycles. The fourth-order valence-electron chi connectivity index (χ4n) is 3.38. The van der Waals surface area contributed by atoms with E-state index in [0.717, 1.165) is 27.4 Å². The van der Waals surface area contributed by atoms with E-state index in [2.05, 4.69) is 23.3 Å². The zero-order chi connectivity index (χ0) is 15.4. The maximum absolute atomic E-state index is 13.8. The normalized spacial score (nSPS) is 14.7. The summed E-state index contributed by atoms with van der Waals surface area (Å²) in [6.45, 7) is 0. The maximum atomic E-state index is 13.8. The van der Waals surface area contributed by atoms with Crippen molar-refractivity contribution >= 4 is 16.3 Å². The Balaban J connectivity index is 1.93. The Bertz CT molecular complexity index is 1030. The molecule has 3 heteroatoms. The Kier molecular flexibility index (Phi) is 2.60. The number of fused-ring (bicyclic) bond motifs is 3. The van der Waals surface area contributed by atoms with Gasteiger partial charge in [0.25, 0.3) is 0 Å². The third kappa shape index (κ3) is 1.96. The molecule has 0 radical (unpaired) electrons. The van der Waals surface area contributed by atoms with Crippen LogP contribution in [0.25, 0.3) is 27.4 Å². The van der Waals surface area contributed by atoms with Gasteiger partial charge >= 0.3 is 0 Å². The van der Waals surface area contributed by atoms with Crippen LogP contribution in [0.1, 0.15) is 24.5 Å². The number of aromatic nitrogens is 2. The van der Waals surface area contributed by atoms with E-state index < -0.39 is 0 Å². The summed E-state index contributed by atoms with van der Waals surface area (Å²) in [5.41, 5.74) is 4.42. The number of nitrogens with zero attached hydrogens (tertiary/aromatic N) is 2. The lowest BCUT2D eigenvalue weighted by Crippen LogP contribution is -1.98. The second kappa shape index (κ2) is 4.66. The van der Waals surface area contributed by atoms with Gasteiger partial charge < -0.3 is 0 Å². The Labute approximate surface area is 133 Å². The first kappa shape index (κ1) is 12.8. The highest BCUT2D eigenvalue weighted by Crippen LogP contribution is 2.42. The number of halogens is 1. The molecule has 23 heavy (non-hydrogen) atoms. The smallest absolute Gasteiger partial charge is 0.123 e. The highest BCUT2D eigenvalue weighted by molar-refractivity contribution is 6.03. The van der Waals surface area contributed by atoms with Gasteiger partial charge in [-0.15, -0.1) is 0 Å². The van der Waals surface area contributed by atoms with E-state index in [9.17, 15) is 4.39 Å². The summed E-state index contributed by atoms with van der Waals surface area (Å²) in [5, 5.41) is 6.63. The summed E-state index contributed by atoms with van der Waals surface area (Å²) < 4.78 is 15.9. The zero-order valence-corrected chi connectivity index (χ0v) is 12.5. The van der Waals surface area contributed by atoms with Crippen molar-refractivity contribution in [1.82, 2.24) is 9.61 Å². The molecule has 2 aromatic heterocycles. The van der Waals surface area contributed by atoms with Crippen molar-refractivity contribution in [1.29, 1.82) is 0 Å².